The van der Waals surface area contributed by atoms with E-state index in [1.165, 1.54) is 52.8 Å². The summed E-state index contributed by atoms with van der Waals surface area (Å²) in [6.07, 6.45) is 6.29. The maximum absolute atomic E-state index is 4.85. The maximum Gasteiger partial charge on any atom is 0.0834 e. The van der Waals surface area contributed by atoms with Gasteiger partial charge in [-0.2, -0.15) is 0 Å². The monoisotopic (exact) mass is 246 g/mol. The van der Waals surface area contributed by atoms with Gasteiger partial charge in [0.15, 0.2) is 0 Å². The van der Waals surface area contributed by atoms with Gasteiger partial charge in [0.2, 0.25) is 0 Å². The summed E-state index contributed by atoms with van der Waals surface area (Å²) in [6.45, 7) is 3.16. The SMILES string of the molecule is CCNc1c2c(nc3ccsc13)CCCCC2. The third-order valence-corrected chi connectivity index (χ3v) is 4.39. The average Bonchev–Trinajstić information content (AvgIpc) is 2.66. The quantitative estimate of drug-likeness (QED) is 0.810. The summed E-state index contributed by atoms with van der Waals surface area (Å²) in [5.74, 6) is 0. The predicted octanol–water partition coefficient (Wildman–Crippen LogP) is 4.00. The molecule has 0 fully saturated rings. The highest BCUT2D eigenvalue weighted by Gasteiger charge is 2.17. The number of anilines is 1. The lowest BCUT2D eigenvalue weighted by molar-refractivity contribution is 0.709. The van der Waals surface area contributed by atoms with Crippen LogP contribution in [0.3, 0.4) is 0 Å². The smallest absolute Gasteiger partial charge is 0.0834 e. The topological polar surface area (TPSA) is 24.9 Å². The minimum Gasteiger partial charge on any atom is -0.384 e. The van der Waals surface area contributed by atoms with Crippen LogP contribution in [0.4, 0.5) is 5.69 Å². The van der Waals surface area contributed by atoms with Gasteiger partial charge in [-0.15, -0.1) is 11.3 Å². The molecule has 0 radical (unpaired) electrons. The van der Waals surface area contributed by atoms with E-state index in [-0.39, 0.29) is 0 Å². The number of rotatable bonds is 2. The van der Waals surface area contributed by atoms with Crippen molar-refractivity contribution in [3.63, 3.8) is 0 Å². The second-order valence-electron chi connectivity index (χ2n) is 4.64. The molecule has 1 aliphatic carbocycles. The van der Waals surface area contributed by atoms with Crippen LogP contribution in [-0.2, 0) is 12.8 Å². The van der Waals surface area contributed by atoms with Crippen molar-refractivity contribution in [2.75, 3.05) is 11.9 Å². The van der Waals surface area contributed by atoms with Crippen molar-refractivity contribution in [3.05, 3.63) is 22.7 Å². The number of aromatic nitrogens is 1. The van der Waals surface area contributed by atoms with Gasteiger partial charge in [-0.3, -0.25) is 4.98 Å². The molecule has 17 heavy (non-hydrogen) atoms. The Kier molecular flexibility index (Phi) is 3.02. The molecular weight excluding hydrogens is 228 g/mol. The first kappa shape index (κ1) is 11.0. The first-order valence-electron chi connectivity index (χ1n) is 6.53. The summed E-state index contributed by atoms with van der Waals surface area (Å²) in [6, 6.07) is 2.14. The van der Waals surface area contributed by atoms with Crippen LogP contribution in [-0.4, -0.2) is 11.5 Å². The molecule has 1 N–H and O–H groups in total. The van der Waals surface area contributed by atoms with E-state index in [2.05, 4.69) is 23.7 Å². The summed E-state index contributed by atoms with van der Waals surface area (Å²) in [5.41, 5.74) is 5.36. The van der Waals surface area contributed by atoms with Gasteiger partial charge in [0.05, 0.1) is 15.9 Å². The first-order chi connectivity index (χ1) is 8.40. The Labute approximate surface area is 106 Å². The minimum absolute atomic E-state index is 0.990. The third kappa shape index (κ3) is 1.93. The Morgan fingerprint density at radius 3 is 3.06 bits per heavy atom. The zero-order valence-electron chi connectivity index (χ0n) is 10.3. The molecule has 2 heterocycles. The van der Waals surface area contributed by atoms with E-state index in [0.29, 0.717) is 0 Å². The molecule has 0 unspecified atom stereocenters. The van der Waals surface area contributed by atoms with Crippen LogP contribution in [0.1, 0.15) is 37.4 Å². The molecule has 0 atom stereocenters. The Bertz CT molecular complexity index is 530. The zero-order chi connectivity index (χ0) is 11.7. The molecule has 0 saturated heterocycles. The molecule has 0 bridgehead atoms. The molecule has 1 aliphatic rings. The summed E-state index contributed by atoms with van der Waals surface area (Å²) >= 11 is 1.81. The fraction of sp³-hybridized carbons (Fsp3) is 0.500. The van der Waals surface area contributed by atoms with Gasteiger partial charge in [0.25, 0.3) is 0 Å². The average molecular weight is 246 g/mol. The predicted molar refractivity (Wildman–Crippen MR) is 75.0 cm³/mol. The van der Waals surface area contributed by atoms with Crippen molar-refractivity contribution < 1.29 is 0 Å². The van der Waals surface area contributed by atoms with Gasteiger partial charge in [-0.05, 0) is 49.6 Å². The molecule has 2 aromatic rings. The minimum atomic E-state index is 0.990. The van der Waals surface area contributed by atoms with Crippen molar-refractivity contribution in [1.82, 2.24) is 4.98 Å². The highest BCUT2D eigenvalue weighted by atomic mass is 32.1. The van der Waals surface area contributed by atoms with E-state index in [1.54, 1.807) is 0 Å². The highest BCUT2D eigenvalue weighted by molar-refractivity contribution is 7.17. The lowest BCUT2D eigenvalue weighted by atomic mass is 10.1. The third-order valence-electron chi connectivity index (χ3n) is 3.47. The van der Waals surface area contributed by atoms with E-state index in [1.807, 2.05) is 11.3 Å². The van der Waals surface area contributed by atoms with Crippen molar-refractivity contribution in [1.29, 1.82) is 0 Å². The Balaban J connectivity index is 2.22. The molecule has 2 aromatic heterocycles. The van der Waals surface area contributed by atoms with E-state index in [0.717, 1.165) is 13.0 Å². The second-order valence-corrected chi connectivity index (χ2v) is 5.55. The summed E-state index contributed by atoms with van der Waals surface area (Å²) in [4.78, 5) is 4.85. The maximum atomic E-state index is 4.85. The van der Waals surface area contributed by atoms with Gasteiger partial charge in [-0.1, -0.05) is 6.42 Å². The molecule has 0 aromatic carbocycles. The molecule has 2 nitrogen and oxygen atoms in total. The highest BCUT2D eigenvalue weighted by Crippen LogP contribution is 2.35. The number of thiophene rings is 1. The second kappa shape index (κ2) is 4.65. The fourth-order valence-electron chi connectivity index (χ4n) is 2.68. The van der Waals surface area contributed by atoms with Crippen LogP contribution in [0.5, 0.6) is 0 Å². The number of hydrogen-bond acceptors (Lipinski definition) is 3. The van der Waals surface area contributed by atoms with Crippen molar-refractivity contribution >= 4 is 27.2 Å². The fourth-order valence-corrected chi connectivity index (χ4v) is 3.56. The Morgan fingerprint density at radius 1 is 1.29 bits per heavy atom. The van der Waals surface area contributed by atoms with Crippen LogP contribution in [0.25, 0.3) is 10.2 Å². The molecule has 0 spiro atoms. The van der Waals surface area contributed by atoms with Gasteiger partial charge in [0.1, 0.15) is 0 Å². The van der Waals surface area contributed by atoms with Crippen LogP contribution >= 0.6 is 11.3 Å². The van der Waals surface area contributed by atoms with Gasteiger partial charge < -0.3 is 5.32 Å². The Hall–Kier alpha value is -1.09. The molecule has 3 heteroatoms. The van der Waals surface area contributed by atoms with E-state index >= 15 is 0 Å². The van der Waals surface area contributed by atoms with Crippen molar-refractivity contribution in [2.24, 2.45) is 0 Å². The van der Waals surface area contributed by atoms with Crippen LogP contribution < -0.4 is 5.32 Å². The first-order valence-corrected chi connectivity index (χ1v) is 7.41. The molecule has 3 rings (SSSR count). The number of pyridine rings is 1. The van der Waals surface area contributed by atoms with Crippen LogP contribution in [0, 0.1) is 0 Å². The lowest BCUT2D eigenvalue weighted by Gasteiger charge is -2.14. The van der Waals surface area contributed by atoms with E-state index in [4.69, 9.17) is 4.98 Å². The normalized spacial score (nSPS) is 15.6. The van der Waals surface area contributed by atoms with E-state index in [9.17, 15) is 0 Å². The summed E-state index contributed by atoms with van der Waals surface area (Å²) < 4.78 is 1.34. The number of hydrogen-bond donors (Lipinski definition) is 1. The molecule has 0 amide bonds. The lowest BCUT2D eigenvalue weighted by Crippen LogP contribution is -2.05. The number of fused-ring (bicyclic) bond motifs is 2. The van der Waals surface area contributed by atoms with Crippen LogP contribution in [0.15, 0.2) is 11.4 Å². The van der Waals surface area contributed by atoms with Gasteiger partial charge >= 0.3 is 0 Å². The zero-order valence-corrected chi connectivity index (χ0v) is 11.1. The number of nitrogens with zero attached hydrogens (tertiary/aromatic N) is 1. The van der Waals surface area contributed by atoms with Gasteiger partial charge in [0, 0.05) is 12.2 Å². The van der Waals surface area contributed by atoms with E-state index < -0.39 is 0 Å². The van der Waals surface area contributed by atoms with Crippen LogP contribution in [0.2, 0.25) is 0 Å². The summed E-state index contributed by atoms with van der Waals surface area (Å²) in [7, 11) is 0. The molecule has 0 aliphatic heterocycles. The largest absolute Gasteiger partial charge is 0.384 e. The Morgan fingerprint density at radius 2 is 2.18 bits per heavy atom. The molecular formula is C14H18N2S. The summed E-state index contributed by atoms with van der Waals surface area (Å²) in [5, 5.41) is 5.71. The van der Waals surface area contributed by atoms with Crippen molar-refractivity contribution in [2.45, 2.75) is 39.0 Å². The number of aryl methyl sites for hydroxylation is 1. The molecule has 0 saturated carbocycles. The molecule has 90 valence electrons. The number of nitrogens with one attached hydrogen (secondary N) is 1. The van der Waals surface area contributed by atoms with Crippen molar-refractivity contribution in [3.8, 4) is 0 Å². The van der Waals surface area contributed by atoms with Gasteiger partial charge in [-0.25, -0.2) is 0 Å². The standard InChI is InChI=1S/C14H18N2S/c1-2-15-13-10-6-4-3-5-7-11(10)16-12-8-9-17-14(12)13/h8-9H,2-7H2,1H3,(H,15,16).